The van der Waals surface area contributed by atoms with Crippen molar-refractivity contribution < 1.29 is 28.5 Å². The summed E-state index contributed by atoms with van der Waals surface area (Å²) in [7, 11) is 0. The molecule has 0 radical (unpaired) electrons. The molecule has 0 unspecified atom stereocenters. The first kappa shape index (κ1) is 16.7. The third-order valence-corrected chi connectivity index (χ3v) is 2.67. The molecule has 1 aliphatic rings. The lowest BCUT2D eigenvalue weighted by molar-refractivity contribution is -0.197. The Labute approximate surface area is 119 Å². The zero-order valence-electron chi connectivity index (χ0n) is 12.2. The van der Waals surface area contributed by atoms with Crippen LogP contribution in [-0.2, 0) is 28.5 Å². The quantitative estimate of drug-likeness (QED) is 0.402. The van der Waals surface area contributed by atoms with Gasteiger partial charge in [-0.2, -0.15) is 0 Å². The Morgan fingerprint density at radius 1 is 1.20 bits per heavy atom. The van der Waals surface area contributed by atoms with E-state index in [0.29, 0.717) is 6.61 Å². The summed E-state index contributed by atoms with van der Waals surface area (Å²) in [4.78, 5) is 21.9. The number of carbonyl (C=O) groups is 2. The second kappa shape index (κ2) is 8.71. The van der Waals surface area contributed by atoms with Gasteiger partial charge in [-0.25, -0.2) is 0 Å². The van der Waals surface area contributed by atoms with E-state index in [1.807, 2.05) is 0 Å². The molecule has 0 saturated heterocycles. The van der Waals surface area contributed by atoms with Gasteiger partial charge in [0.2, 0.25) is 0 Å². The molecule has 1 rings (SSSR count). The molecule has 0 spiro atoms. The SMILES string of the molecule is CCCCO[C@@H]1C=C[C@@H](OC(C)=O)[C@@H](COC(C)=O)O1. The normalized spacial score (nSPS) is 25.2. The summed E-state index contributed by atoms with van der Waals surface area (Å²) in [6.45, 7) is 5.31. The average Bonchev–Trinajstić information content (AvgIpc) is 2.38. The molecule has 3 atom stereocenters. The van der Waals surface area contributed by atoms with Crippen LogP contribution in [0.4, 0.5) is 0 Å². The first-order valence-electron chi connectivity index (χ1n) is 6.79. The van der Waals surface area contributed by atoms with Crippen molar-refractivity contribution in [1.29, 1.82) is 0 Å². The van der Waals surface area contributed by atoms with Crippen molar-refractivity contribution in [2.45, 2.75) is 52.1 Å². The molecule has 6 nitrogen and oxygen atoms in total. The predicted octanol–water partition coefficient (Wildman–Crippen LogP) is 1.58. The number of ether oxygens (including phenoxy) is 4. The van der Waals surface area contributed by atoms with Crippen LogP contribution in [0, 0.1) is 0 Å². The topological polar surface area (TPSA) is 71.1 Å². The van der Waals surface area contributed by atoms with Crippen LogP contribution in [0.1, 0.15) is 33.6 Å². The molecule has 0 aromatic heterocycles. The van der Waals surface area contributed by atoms with Crippen molar-refractivity contribution in [2.75, 3.05) is 13.2 Å². The highest BCUT2D eigenvalue weighted by Crippen LogP contribution is 2.18. The molecule has 6 heteroatoms. The van der Waals surface area contributed by atoms with E-state index in [-0.39, 0.29) is 6.61 Å². The highest BCUT2D eigenvalue weighted by molar-refractivity contribution is 5.66. The summed E-state index contributed by atoms with van der Waals surface area (Å²) in [6, 6.07) is 0. The first-order valence-corrected chi connectivity index (χ1v) is 6.79. The molecule has 0 fully saturated rings. The minimum absolute atomic E-state index is 0.0191. The van der Waals surface area contributed by atoms with E-state index >= 15 is 0 Å². The highest BCUT2D eigenvalue weighted by atomic mass is 16.7. The molecule has 0 saturated carbocycles. The van der Waals surface area contributed by atoms with Crippen molar-refractivity contribution in [3.05, 3.63) is 12.2 Å². The lowest BCUT2D eigenvalue weighted by Gasteiger charge is -2.31. The second-order valence-corrected chi connectivity index (χ2v) is 4.53. The van der Waals surface area contributed by atoms with Gasteiger partial charge in [-0.3, -0.25) is 9.59 Å². The fraction of sp³-hybridized carbons (Fsp3) is 0.714. The van der Waals surface area contributed by atoms with Crippen LogP contribution in [0.15, 0.2) is 12.2 Å². The molecule has 1 heterocycles. The Morgan fingerprint density at radius 3 is 2.55 bits per heavy atom. The van der Waals surface area contributed by atoms with Crippen molar-refractivity contribution >= 4 is 11.9 Å². The molecule has 0 amide bonds. The molecule has 0 N–H and O–H groups in total. The van der Waals surface area contributed by atoms with Gasteiger partial charge in [0, 0.05) is 13.8 Å². The minimum Gasteiger partial charge on any atom is -0.463 e. The van der Waals surface area contributed by atoms with Gasteiger partial charge in [-0.1, -0.05) is 13.3 Å². The molecule has 0 bridgehead atoms. The van der Waals surface area contributed by atoms with Crippen molar-refractivity contribution in [1.82, 2.24) is 0 Å². The maximum Gasteiger partial charge on any atom is 0.303 e. The van der Waals surface area contributed by atoms with E-state index in [2.05, 4.69) is 6.92 Å². The van der Waals surface area contributed by atoms with Crippen molar-refractivity contribution in [2.24, 2.45) is 0 Å². The number of carbonyl (C=O) groups excluding carboxylic acids is 2. The highest BCUT2D eigenvalue weighted by Gasteiger charge is 2.30. The van der Waals surface area contributed by atoms with Gasteiger partial charge in [-0.15, -0.1) is 0 Å². The van der Waals surface area contributed by atoms with E-state index < -0.39 is 30.4 Å². The molecular weight excluding hydrogens is 264 g/mol. The summed E-state index contributed by atoms with van der Waals surface area (Å²) in [5.41, 5.74) is 0. The Kier molecular flexibility index (Phi) is 7.25. The molecule has 1 aliphatic heterocycles. The van der Waals surface area contributed by atoms with Crippen LogP contribution < -0.4 is 0 Å². The van der Waals surface area contributed by atoms with Crippen LogP contribution in [-0.4, -0.2) is 43.7 Å². The van der Waals surface area contributed by atoms with Crippen LogP contribution in [0.25, 0.3) is 0 Å². The fourth-order valence-corrected chi connectivity index (χ4v) is 1.70. The third-order valence-electron chi connectivity index (χ3n) is 2.67. The second-order valence-electron chi connectivity index (χ2n) is 4.53. The zero-order valence-corrected chi connectivity index (χ0v) is 12.2. The van der Waals surface area contributed by atoms with Gasteiger partial charge < -0.3 is 18.9 Å². The van der Waals surface area contributed by atoms with E-state index in [1.54, 1.807) is 12.2 Å². The third kappa shape index (κ3) is 6.16. The maximum atomic E-state index is 11.0. The number of hydrogen-bond donors (Lipinski definition) is 0. The standard InChI is InChI=1S/C14H22O6/c1-4-5-8-17-14-7-6-12(19-11(3)16)13(20-14)9-18-10(2)15/h6-7,12-14H,4-5,8-9H2,1-3H3/t12-,13-,14+/m1/s1. The molecule has 114 valence electrons. The Bertz CT molecular complexity index is 352. The Balaban J connectivity index is 2.56. The van der Waals surface area contributed by atoms with Gasteiger partial charge in [0.05, 0.1) is 6.61 Å². The predicted molar refractivity (Wildman–Crippen MR) is 70.8 cm³/mol. The largest absolute Gasteiger partial charge is 0.463 e. The first-order chi connectivity index (χ1) is 9.52. The number of hydrogen-bond acceptors (Lipinski definition) is 6. The van der Waals surface area contributed by atoms with Gasteiger partial charge in [0.25, 0.3) is 0 Å². The van der Waals surface area contributed by atoms with Crippen molar-refractivity contribution in [3.63, 3.8) is 0 Å². The summed E-state index contributed by atoms with van der Waals surface area (Å²) in [5, 5.41) is 0. The van der Waals surface area contributed by atoms with Gasteiger partial charge in [0.1, 0.15) is 18.8 Å². The smallest absolute Gasteiger partial charge is 0.303 e. The summed E-state index contributed by atoms with van der Waals surface area (Å²) in [6.07, 6.45) is 3.74. The molecule has 0 aliphatic carbocycles. The lowest BCUT2D eigenvalue weighted by Crippen LogP contribution is -2.42. The monoisotopic (exact) mass is 286 g/mol. The van der Waals surface area contributed by atoms with E-state index in [0.717, 1.165) is 12.8 Å². The lowest BCUT2D eigenvalue weighted by atomic mass is 10.1. The zero-order chi connectivity index (χ0) is 15.0. The van der Waals surface area contributed by atoms with Crippen LogP contribution >= 0.6 is 0 Å². The number of rotatable bonds is 7. The van der Waals surface area contributed by atoms with E-state index in [1.165, 1.54) is 13.8 Å². The van der Waals surface area contributed by atoms with Gasteiger partial charge in [-0.05, 0) is 18.6 Å². The van der Waals surface area contributed by atoms with Crippen LogP contribution in [0.3, 0.4) is 0 Å². The summed E-state index contributed by atoms with van der Waals surface area (Å²) in [5.74, 6) is -0.824. The minimum atomic E-state index is -0.571. The maximum absolute atomic E-state index is 11.0. The summed E-state index contributed by atoms with van der Waals surface area (Å²) >= 11 is 0. The van der Waals surface area contributed by atoms with Gasteiger partial charge in [0.15, 0.2) is 6.29 Å². The van der Waals surface area contributed by atoms with Crippen molar-refractivity contribution in [3.8, 4) is 0 Å². The van der Waals surface area contributed by atoms with E-state index in [4.69, 9.17) is 18.9 Å². The van der Waals surface area contributed by atoms with Gasteiger partial charge >= 0.3 is 11.9 Å². The Hall–Kier alpha value is -1.40. The Morgan fingerprint density at radius 2 is 1.95 bits per heavy atom. The number of esters is 2. The van der Waals surface area contributed by atoms with E-state index in [9.17, 15) is 9.59 Å². The van der Waals surface area contributed by atoms with Crippen LogP contribution in [0.2, 0.25) is 0 Å². The average molecular weight is 286 g/mol. The molecule has 0 aromatic rings. The number of unbranched alkanes of at least 4 members (excludes halogenated alkanes) is 1. The van der Waals surface area contributed by atoms with Crippen LogP contribution in [0.5, 0.6) is 0 Å². The molecule has 20 heavy (non-hydrogen) atoms. The summed E-state index contributed by atoms with van der Waals surface area (Å²) < 4.78 is 21.2. The molecule has 0 aromatic carbocycles. The molecular formula is C14H22O6. The fourth-order valence-electron chi connectivity index (χ4n) is 1.70.